The molecular formula is C24H20F5N3O4S. The van der Waals surface area contributed by atoms with Gasteiger partial charge in [0.1, 0.15) is 12.1 Å². The lowest BCUT2D eigenvalue weighted by atomic mass is 10.1. The normalized spacial score (nSPS) is 18.0. The van der Waals surface area contributed by atoms with Crippen LogP contribution in [0.3, 0.4) is 0 Å². The maximum absolute atomic E-state index is 14.1. The molecule has 1 aromatic heterocycles. The Kier molecular flexibility index (Phi) is 7.44. The molecular weight excluding hydrogens is 521 g/mol. The Labute approximate surface area is 208 Å². The van der Waals surface area contributed by atoms with Gasteiger partial charge in [-0.25, -0.2) is 27.2 Å². The zero-order valence-electron chi connectivity index (χ0n) is 19.0. The molecule has 0 bridgehead atoms. The highest BCUT2D eigenvalue weighted by Gasteiger charge is 2.42. The van der Waals surface area contributed by atoms with Crippen molar-refractivity contribution in [3.05, 3.63) is 72.2 Å². The van der Waals surface area contributed by atoms with Crippen molar-refractivity contribution in [2.45, 2.75) is 42.3 Å². The number of rotatable bonds is 7. The highest BCUT2D eigenvalue weighted by Crippen LogP contribution is 2.35. The van der Waals surface area contributed by atoms with Crippen LogP contribution < -0.4 is 10.1 Å². The SMILES string of the molecule is O=C(NCc1cc(-c2ccc(OC(F)(F)F)c(F)c2)ncn1)[C@@H]1CCCC1S(=O)(=O)c1ccc(F)cc1. The summed E-state index contributed by atoms with van der Waals surface area (Å²) in [6.45, 7) is -0.0913. The molecule has 1 aliphatic carbocycles. The zero-order valence-corrected chi connectivity index (χ0v) is 19.8. The third kappa shape index (κ3) is 6.21. The first-order valence-corrected chi connectivity index (χ1v) is 12.6. The van der Waals surface area contributed by atoms with E-state index in [1.165, 1.54) is 24.3 Å². The second-order valence-electron chi connectivity index (χ2n) is 8.38. The van der Waals surface area contributed by atoms with Crippen molar-refractivity contribution in [3.63, 3.8) is 0 Å². The average molecular weight is 541 g/mol. The fraction of sp³-hybridized carbons (Fsp3) is 0.292. The number of hydrogen-bond acceptors (Lipinski definition) is 6. The topological polar surface area (TPSA) is 98.2 Å². The van der Waals surface area contributed by atoms with Crippen LogP contribution in [-0.4, -0.2) is 35.9 Å². The molecule has 1 aliphatic rings. The summed E-state index contributed by atoms with van der Waals surface area (Å²) in [5.41, 5.74) is 0.655. The largest absolute Gasteiger partial charge is 0.573 e. The molecule has 196 valence electrons. The summed E-state index contributed by atoms with van der Waals surface area (Å²) >= 11 is 0. The minimum atomic E-state index is -5.04. The second-order valence-corrected chi connectivity index (χ2v) is 10.5. The molecule has 2 aromatic carbocycles. The first kappa shape index (κ1) is 26.5. The van der Waals surface area contributed by atoms with Crippen LogP contribution in [0.25, 0.3) is 11.3 Å². The first-order valence-electron chi connectivity index (χ1n) is 11.1. The number of aromatic nitrogens is 2. The van der Waals surface area contributed by atoms with Crippen molar-refractivity contribution < 1.29 is 39.9 Å². The number of ether oxygens (including phenoxy) is 1. The van der Waals surface area contributed by atoms with Crippen LogP contribution in [0.15, 0.2) is 59.8 Å². The number of nitrogens with one attached hydrogen (secondary N) is 1. The summed E-state index contributed by atoms with van der Waals surface area (Å²) in [6, 6.07) is 8.70. The van der Waals surface area contributed by atoms with E-state index in [1.807, 2.05) is 0 Å². The highest BCUT2D eigenvalue weighted by molar-refractivity contribution is 7.92. The smallest absolute Gasteiger partial charge is 0.403 e. The molecule has 1 heterocycles. The van der Waals surface area contributed by atoms with Gasteiger partial charge in [-0.05, 0) is 61.4 Å². The zero-order chi connectivity index (χ0) is 26.8. The molecule has 1 fully saturated rings. The van der Waals surface area contributed by atoms with E-state index in [4.69, 9.17) is 0 Å². The summed E-state index contributed by atoms with van der Waals surface area (Å²) in [4.78, 5) is 20.8. The van der Waals surface area contributed by atoms with Crippen molar-refractivity contribution in [1.82, 2.24) is 15.3 Å². The van der Waals surface area contributed by atoms with Crippen LogP contribution in [0.5, 0.6) is 5.75 Å². The van der Waals surface area contributed by atoms with E-state index < -0.39 is 50.7 Å². The van der Waals surface area contributed by atoms with Gasteiger partial charge in [-0.2, -0.15) is 0 Å². The molecule has 0 spiro atoms. The molecule has 37 heavy (non-hydrogen) atoms. The van der Waals surface area contributed by atoms with Gasteiger partial charge in [0, 0.05) is 5.56 Å². The molecule has 0 aliphatic heterocycles. The number of alkyl halides is 3. The Morgan fingerprint density at radius 2 is 1.76 bits per heavy atom. The van der Waals surface area contributed by atoms with Gasteiger partial charge in [-0.15, -0.1) is 13.2 Å². The lowest BCUT2D eigenvalue weighted by molar-refractivity contribution is -0.275. The minimum absolute atomic E-state index is 0.0575. The van der Waals surface area contributed by atoms with Crippen molar-refractivity contribution in [2.75, 3.05) is 0 Å². The van der Waals surface area contributed by atoms with Gasteiger partial charge in [0.05, 0.1) is 34.0 Å². The Hall–Kier alpha value is -3.61. The van der Waals surface area contributed by atoms with Gasteiger partial charge in [0.15, 0.2) is 21.4 Å². The predicted molar refractivity (Wildman–Crippen MR) is 121 cm³/mol. The van der Waals surface area contributed by atoms with Crippen LogP contribution >= 0.6 is 0 Å². The lowest BCUT2D eigenvalue weighted by Gasteiger charge is -2.19. The van der Waals surface area contributed by atoms with Gasteiger partial charge >= 0.3 is 6.36 Å². The van der Waals surface area contributed by atoms with E-state index in [1.54, 1.807) is 0 Å². The standard InChI is InChI=1S/C24H20F5N3O4S/c25-15-5-7-17(8-6-15)37(34,35)22-3-1-2-18(22)23(33)30-12-16-11-20(32-13-31-16)14-4-9-21(19(26)10-14)36-24(27,28)29/h4-11,13,18,22H,1-3,12H2,(H,30,33)/t18-,22?/m1/s1. The van der Waals surface area contributed by atoms with Gasteiger partial charge in [-0.1, -0.05) is 6.42 Å². The summed E-state index contributed by atoms with van der Waals surface area (Å²) < 4.78 is 94.1. The molecule has 0 radical (unpaired) electrons. The number of carbonyl (C=O) groups excluding carboxylic acids is 1. The molecule has 2 atom stereocenters. The summed E-state index contributed by atoms with van der Waals surface area (Å²) in [5, 5.41) is 1.70. The van der Waals surface area contributed by atoms with Gasteiger partial charge in [0.2, 0.25) is 5.91 Å². The Morgan fingerprint density at radius 1 is 1.03 bits per heavy atom. The number of hydrogen-bond donors (Lipinski definition) is 1. The van der Waals surface area contributed by atoms with Crippen molar-refractivity contribution >= 4 is 15.7 Å². The molecule has 1 saturated carbocycles. The molecule has 1 unspecified atom stereocenters. The quantitative estimate of drug-likeness (QED) is 0.348. The Balaban J connectivity index is 1.44. The molecule has 1 amide bonds. The summed E-state index contributed by atoms with van der Waals surface area (Å²) in [7, 11) is -3.86. The van der Waals surface area contributed by atoms with E-state index in [9.17, 15) is 35.2 Å². The van der Waals surface area contributed by atoms with Crippen LogP contribution in [0.1, 0.15) is 25.0 Å². The van der Waals surface area contributed by atoms with E-state index >= 15 is 0 Å². The van der Waals surface area contributed by atoms with Crippen LogP contribution in [-0.2, 0) is 21.2 Å². The number of nitrogens with zero attached hydrogens (tertiary/aromatic N) is 2. The molecule has 1 N–H and O–H groups in total. The van der Waals surface area contributed by atoms with Crippen LogP contribution in [0, 0.1) is 17.6 Å². The van der Waals surface area contributed by atoms with Crippen molar-refractivity contribution in [1.29, 1.82) is 0 Å². The number of amides is 1. The van der Waals surface area contributed by atoms with Gasteiger partial charge in [0.25, 0.3) is 0 Å². The number of benzene rings is 2. The highest BCUT2D eigenvalue weighted by atomic mass is 32.2. The maximum Gasteiger partial charge on any atom is 0.573 e. The summed E-state index contributed by atoms with van der Waals surface area (Å²) in [5.74, 6) is -4.10. The number of halogens is 5. The van der Waals surface area contributed by atoms with E-state index in [-0.39, 0.29) is 29.1 Å². The molecule has 7 nitrogen and oxygen atoms in total. The second kappa shape index (κ2) is 10.4. The third-order valence-electron chi connectivity index (χ3n) is 5.95. The van der Waals surface area contributed by atoms with E-state index in [2.05, 4.69) is 20.0 Å². The van der Waals surface area contributed by atoms with E-state index in [0.717, 1.165) is 30.6 Å². The maximum atomic E-state index is 14.1. The molecule has 0 saturated heterocycles. The first-order chi connectivity index (χ1) is 17.4. The fourth-order valence-electron chi connectivity index (χ4n) is 4.22. The lowest BCUT2D eigenvalue weighted by Crippen LogP contribution is -2.38. The monoisotopic (exact) mass is 541 g/mol. The average Bonchev–Trinajstić information content (AvgIpc) is 3.35. The molecule has 4 rings (SSSR count). The molecule has 13 heteroatoms. The Bertz CT molecular complexity index is 1400. The number of carbonyl (C=O) groups is 1. The summed E-state index contributed by atoms with van der Waals surface area (Å²) in [6.07, 6.45) is -2.72. The van der Waals surface area contributed by atoms with Gasteiger partial charge < -0.3 is 10.1 Å². The fourth-order valence-corrected chi connectivity index (χ4v) is 6.26. The number of sulfone groups is 1. The van der Waals surface area contributed by atoms with Gasteiger partial charge in [-0.3, -0.25) is 4.79 Å². The predicted octanol–water partition coefficient (Wildman–Crippen LogP) is 4.58. The minimum Gasteiger partial charge on any atom is -0.403 e. The van der Waals surface area contributed by atoms with Crippen LogP contribution in [0.4, 0.5) is 22.0 Å². The van der Waals surface area contributed by atoms with Crippen molar-refractivity contribution in [3.8, 4) is 17.0 Å². The van der Waals surface area contributed by atoms with E-state index in [0.29, 0.717) is 18.5 Å². The van der Waals surface area contributed by atoms with Crippen molar-refractivity contribution in [2.24, 2.45) is 5.92 Å². The molecule has 3 aromatic rings. The third-order valence-corrected chi connectivity index (χ3v) is 8.24. The Morgan fingerprint density at radius 3 is 2.43 bits per heavy atom. The van der Waals surface area contributed by atoms with Crippen LogP contribution in [0.2, 0.25) is 0 Å².